The van der Waals surface area contributed by atoms with Gasteiger partial charge in [0, 0.05) is 23.0 Å². The smallest absolute Gasteiger partial charge is 0.306 e. The molecule has 0 unspecified atom stereocenters. The van der Waals surface area contributed by atoms with Crippen LogP contribution in [0.2, 0.25) is 5.02 Å². The fourth-order valence-corrected chi connectivity index (χ4v) is 3.13. The lowest BCUT2D eigenvalue weighted by atomic mass is 10.1. The minimum atomic E-state index is -0.533. The molecule has 0 radical (unpaired) electrons. The fraction of sp³-hybridized carbons (Fsp3) is 0.286. The summed E-state index contributed by atoms with van der Waals surface area (Å²) in [5.74, 6) is -1.20. The maximum Gasteiger partial charge on any atom is 0.306 e. The molecule has 0 aromatic heterocycles. The van der Waals surface area contributed by atoms with Crippen LogP contribution in [0, 0.1) is 13.8 Å². The fourth-order valence-electron chi connectivity index (χ4n) is 2.49. The lowest BCUT2D eigenvalue weighted by molar-refractivity contribution is -0.147. The Morgan fingerprint density at radius 3 is 2.38 bits per heavy atom. The van der Waals surface area contributed by atoms with Gasteiger partial charge in [0.15, 0.2) is 6.61 Å². The Kier molecular flexibility index (Phi) is 8.67. The van der Waals surface area contributed by atoms with E-state index >= 15 is 0 Å². The predicted molar refractivity (Wildman–Crippen MR) is 117 cm³/mol. The second-order valence-corrected chi connectivity index (χ2v) is 7.77. The van der Waals surface area contributed by atoms with Crippen molar-refractivity contribution >= 4 is 56.7 Å². The highest BCUT2D eigenvalue weighted by Crippen LogP contribution is 2.24. The summed E-state index contributed by atoms with van der Waals surface area (Å²) in [6.45, 7) is 3.42. The van der Waals surface area contributed by atoms with Crippen molar-refractivity contribution in [2.24, 2.45) is 0 Å². The summed E-state index contributed by atoms with van der Waals surface area (Å²) < 4.78 is 5.93. The van der Waals surface area contributed by atoms with Crippen LogP contribution in [0.3, 0.4) is 0 Å². The van der Waals surface area contributed by atoms with Gasteiger partial charge in [-0.05, 0) is 55.7 Å². The van der Waals surface area contributed by atoms with E-state index in [1.807, 2.05) is 26.0 Å². The summed E-state index contributed by atoms with van der Waals surface area (Å²) in [5.41, 5.74) is 3.07. The summed E-state index contributed by atoms with van der Waals surface area (Å²) in [4.78, 5) is 35.7. The molecule has 0 atom stereocenters. The van der Waals surface area contributed by atoms with Gasteiger partial charge in [0.2, 0.25) is 5.91 Å². The zero-order chi connectivity index (χ0) is 21.4. The summed E-state index contributed by atoms with van der Waals surface area (Å²) in [6.07, 6.45) is 0.491. The number of ether oxygens (including phenoxy) is 1. The van der Waals surface area contributed by atoms with E-state index in [0.717, 1.165) is 15.6 Å². The van der Waals surface area contributed by atoms with Gasteiger partial charge >= 0.3 is 5.97 Å². The quantitative estimate of drug-likeness (QED) is 0.519. The van der Waals surface area contributed by atoms with Gasteiger partial charge in [-0.3, -0.25) is 14.4 Å². The second kappa shape index (κ2) is 11.0. The van der Waals surface area contributed by atoms with Crippen molar-refractivity contribution in [3.05, 3.63) is 57.0 Å². The standard InChI is InChI=1S/C21H22BrClN2O4/c1-13-11-18(14(2)10-15(13)22)25-20(27)12-29-21(28)9-5-8-19(26)24-17-7-4-3-6-16(17)23/h3-4,6-7,10-11H,5,8-9,12H2,1-2H3,(H,24,26)(H,25,27). The molecule has 0 aliphatic rings. The Bertz CT molecular complexity index is 918. The summed E-state index contributed by atoms with van der Waals surface area (Å²) in [5, 5.41) is 5.86. The number of nitrogens with one attached hydrogen (secondary N) is 2. The van der Waals surface area contributed by atoms with Gasteiger partial charge < -0.3 is 15.4 Å². The first kappa shape index (κ1) is 22.9. The maximum atomic E-state index is 12.0. The molecule has 0 aliphatic heterocycles. The number of rotatable bonds is 8. The van der Waals surface area contributed by atoms with E-state index < -0.39 is 11.9 Å². The molecule has 2 rings (SSSR count). The van der Waals surface area contributed by atoms with Gasteiger partial charge in [-0.15, -0.1) is 0 Å². The van der Waals surface area contributed by atoms with E-state index in [1.54, 1.807) is 24.3 Å². The molecule has 154 valence electrons. The highest BCUT2D eigenvalue weighted by Gasteiger charge is 2.12. The molecule has 2 aromatic carbocycles. The van der Waals surface area contributed by atoms with Crippen LogP contribution < -0.4 is 10.6 Å². The Morgan fingerprint density at radius 2 is 1.66 bits per heavy atom. The van der Waals surface area contributed by atoms with Crippen molar-refractivity contribution in [3.63, 3.8) is 0 Å². The first-order valence-corrected chi connectivity index (χ1v) is 10.2. The number of anilines is 2. The molecule has 29 heavy (non-hydrogen) atoms. The molecule has 0 aliphatic carbocycles. The Hall–Kier alpha value is -2.38. The number of hydrogen-bond acceptors (Lipinski definition) is 4. The van der Waals surface area contributed by atoms with E-state index in [9.17, 15) is 14.4 Å². The molecular formula is C21H22BrClN2O4. The minimum absolute atomic E-state index is 0.0413. The molecule has 2 aromatic rings. The van der Waals surface area contributed by atoms with E-state index in [1.165, 1.54) is 0 Å². The van der Waals surface area contributed by atoms with Crippen molar-refractivity contribution < 1.29 is 19.1 Å². The van der Waals surface area contributed by atoms with Crippen LogP contribution >= 0.6 is 27.5 Å². The number of aryl methyl sites for hydroxylation is 2. The minimum Gasteiger partial charge on any atom is -0.456 e. The average molecular weight is 482 g/mol. The third-order valence-electron chi connectivity index (χ3n) is 4.08. The number of benzene rings is 2. The molecule has 0 saturated carbocycles. The van der Waals surface area contributed by atoms with Gasteiger partial charge in [0.05, 0.1) is 10.7 Å². The summed E-state index contributed by atoms with van der Waals surface area (Å²) in [7, 11) is 0. The normalized spacial score (nSPS) is 10.3. The topological polar surface area (TPSA) is 84.5 Å². The van der Waals surface area contributed by atoms with E-state index in [4.69, 9.17) is 16.3 Å². The van der Waals surface area contributed by atoms with Gasteiger partial charge in [-0.25, -0.2) is 0 Å². The van der Waals surface area contributed by atoms with E-state index in [-0.39, 0.29) is 25.4 Å². The third-order valence-corrected chi connectivity index (χ3v) is 5.26. The number of para-hydroxylation sites is 1. The van der Waals surface area contributed by atoms with Crippen LogP contribution in [0.25, 0.3) is 0 Å². The van der Waals surface area contributed by atoms with Crippen molar-refractivity contribution in [2.45, 2.75) is 33.1 Å². The van der Waals surface area contributed by atoms with Crippen LogP contribution in [0.5, 0.6) is 0 Å². The van der Waals surface area contributed by atoms with Crippen LogP contribution in [0.4, 0.5) is 11.4 Å². The first-order valence-electron chi connectivity index (χ1n) is 9.03. The van der Waals surface area contributed by atoms with Crippen LogP contribution in [0.15, 0.2) is 40.9 Å². The molecule has 0 fully saturated rings. The maximum absolute atomic E-state index is 12.0. The van der Waals surface area contributed by atoms with Crippen molar-refractivity contribution in [3.8, 4) is 0 Å². The average Bonchev–Trinajstić information content (AvgIpc) is 2.66. The van der Waals surface area contributed by atoms with E-state index in [0.29, 0.717) is 22.8 Å². The number of amides is 2. The van der Waals surface area contributed by atoms with Crippen molar-refractivity contribution in [1.29, 1.82) is 0 Å². The van der Waals surface area contributed by atoms with Crippen LogP contribution in [-0.4, -0.2) is 24.4 Å². The summed E-state index contributed by atoms with van der Waals surface area (Å²) >= 11 is 9.41. The molecule has 2 amide bonds. The third kappa shape index (κ3) is 7.51. The molecule has 0 saturated heterocycles. The van der Waals surface area contributed by atoms with Gasteiger partial charge in [-0.1, -0.05) is 39.7 Å². The first-order chi connectivity index (χ1) is 13.8. The van der Waals surface area contributed by atoms with Crippen molar-refractivity contribution in [1.82, 2.24) is 0 Å². The zero-order valence-corrected chi connectivity index (χ0v) is 18.5. The second-order valence-electron chi connectivity index (χ2n) is 6.51. The largest absolute Gasteiger partial charge is 0.456 e. The highest BCUT2D eigenvalue weighted by molar-refractivity contribution is 9.10. The van der Waals surface area contributed by atoms with Gasteiger partial charge in [0.1, 0.15) is 0 Å². The molecule has 0 heterocycles. The Morgan fingerprint density at radius 1 is 0.966 bits per heavy atom. The Labute approximate surface area is 183 Å². The molecule has 2 N–H and O–H groups in total. The van der Waals surface area contributed by atoms with Gasteiger partial charge in [0.25, 0.3) is 5.91 Å². The van der Waals surface area contributed by atoms with Gasteiger partial charge in [-0.2, -0.15) is 0 Å². The van der Waals surface area contributed by atoms with Crippen LogP contribution in [0.1, 0.15) is 30.4 Å². The molecule has 8 heteroatoms. The van der Waals surface area contributed by atoms with Crippen LogP contribution in [-0.2, 0) is 19.1 Å². The monoisotopic (exact) mass is 480 g/mol. The molecule has 0 spiro atoms. The number of carbonyl (C=O) groups is 3. The molecular weight excluding hydrogens is 460 g/mol. The molecule has 0 bridgehead atoms. The SMILES string of the molecule is Cc1cc(NC(=O)COC(=O)CCCC(=O)Nc2ccccc2Cl)c(C)cc1Br. The number of esters is 1. The lowest BCUT2D eigenvalue weighted by Crippen LogP contribution is -2.21. The number of hydrogen-bond donors (Lipinski definition) is 2. The predicted octanol–water partition coefficient (Wildman–Crippen LogP) is 5.01. The van der Waals surface area contributed by atoms with E-state index in [2.05, 4.69) is 26.6 Å². The number of halogens is 2. The lowest BCUT2D eigenvalue weighted by Gasteiger charge is -2.11. The number of carbonyl (C=O) groups excluding carboxylic acids is 3. The van der Waals surface area contributed by atoms with Crippen molar-refractivity contribution in [2.75, 3.05) is 17.2 Å². The Balaban J connectivity index is 1.69. The highest BCUT2D eigenvalue weighted by atomic mass is 79.9. The molecule has 6 nitrogen and oxygen atoms in total. The summed E-state index contributed by atoms with van der Waals surface area (Å²) in [6, 6.07) is 10.7. The zero-order valence-electron chi connectivity index (χ0n) is 16.2.